The fraction of sp³-hybridized carbons (Fsp3) is 0.375. The molecule has 0 spiro atoms. The molecule has 0 aliphatic carbocycles. The zero-order chi connectivity index (χ0) is 22.9. The Hall–Kier alpha value is -3.00. The Labute approximate surface area is 193 Å². The highest BCUT2D eigenvalue weighted by Gasteiger charge is 2.15. The molecule has 0 saturated heterocycles. The summed E-state index contributed by atoms with van der Waals surface area (Å²) in [5, 5.41) is 12.3. The van der Waals surface area contributed by atoms with Crippen LogP contribution in [0.2, 0.25) is 0 Å². The van der Waals surface area contributed by atoms with Gasteiger partial charge in [0.1, 0.15) is 11.5 Å². The largest absolute Gasteiger partial charge is 0.493 e. The molecule has 0 radical (unpaired) electrons. The third-order valence-corrected chi connectivity index (χ3v) is 5.49. The number of hydrogen-bond donors (Lipinski definition) is 1. The molecule has 0 aliphatic heterocycles. The highest BCUT2D eigenvalue weighted by Crippen LogP contribution is 2.27. The van der Waals surface area contributed by atoms with Crippen LogP contribution in [0, 0.1) is 5.92 Å². The van der Waals surface area contributed by atoms with Crippen LogP contribution in [0.5, 0.6) is 11.5 Å². The van der Waals surface area contributed by atoms with Crippen LogP contribution < -0.4 is 14.8 Å². The van der Waals surface area contributed by atoms with Gasteiger partial charge in [-0.1, -0.05) is 37.7 Å². The number of rotatable bonds is 11. The summed E-state index contributed by atoms with van der Waals surface area (Å²) in [5.74, 6) is 2.84. The molecule has 3 rings (SSSR count). The van der Waals surface area contributed by atoms with Crippen molar-refractivity contribution in [3.8, 4) is 22.9 Å². The third-order valence-electron chi connectivity index (χ3n) is 4.52. The van der Waals surface area contributed by atoms with Crippen molar-refractivity contribution >= 4 is 23.4 Å². The molecule has 1 amide bonds. The summed E-state index contributed by atoms with van der Waals surface area (Å²) in [4.78, 5) is 12.5. The van der Waals surface area contributed by atoms with Crippen LogP contribution in [0.15, 0.2) is 53.7 Å². The number of ether oxygens (including phenoxy) is 2. The summed E-state index contributed by atoms with van der Waals surface area (Å²) in [6.07, 6.45) is 0. The van der Waals surface area contributed by atoms with Gasteiger partial charge in [0.25, 0.3) is 0 Å². The van der Waals surface area contributed by atoms with Crippen LogP contribution >= 0.6 is 11.8 Å². The first-order valence-corrected chi connectivity index (χ1v) is 11.8. The van der Waals surface area contributed by atoms with Crippen molar-refractivity contribution in [1.29, 1.82) is 0 Å². The van der Waals surface area contributed by atoms with E-state index >= 15 is 0 Å². The SMILES string of the molecule is CCOc1ccccc1NC(=O)CSc1nnc(-c2ccc(OCC(C)C)cc2)n1CC. The number of amides is 1. The van der Waals surface area contributed by atoms with Crippen LogP contribution in [-0.2, 0) is 11.3 Å². The van der Waals surface area contributed by atoms with E-state index in [1.165, 1.54) is 11.8 Å². The molecular weight excluding hydrogens is 424 g/mol. The number of anilines is 1. The zero-order valence-electron chi connectivity index (χ0n) is 19.0. The summed E-state index contributed by atoms with van der Waals surface area (Å²) >= 11 is 1.36. The van der Waals surface area contributed by atoms with Gasteiger partial charge in [0.2, 0.25) is 5.91 Å². The molecule has 0 unspecified atom stereocenters. The topological polar surface area (TPSA) is 78.3 Å². The van der Waals surface area contributed by atoms with Crippen molar-refractivity contribution < 1.29 is 14.3 Å². The standard InChI is InChI=1S/C24H30N4O3S/c1-5-28-23(18-11-13-19(14-12-18)31-15-17(3)4)26-27-24(28)32-16-22(29)25-20-9-7-8-10-21(20)30-6-2/h7-14,17H,5-6,15-16H2,1-4H3,(H,25,29). The Kier molecular flexibility index (Phi) is 8.56. The summed E-state index contributed by atoms with van der Waals surface area (Å²) in [6, 6.07) is 15.3. The minimum Gasteiger partial charge on any atom is -0.493 e. The number of nitrogens with one attached hydrogen (secondary N) is 1. The van der Waals surface area contributed by atoms with E-state index in [4.69, 9.17) is 9.47 Å². The lowest BCUT2D eigenvalue weighted by atomic mass is 10.2. The number of nitrogens with zero attached hydrogens (tertiary/aromatic N) is 3. The minimum absolute atomic E-state index is 0.124. The highest BCUT2D eigenvalue weighted by atomic mass is 32.2. The monoisotopic (exact) mass is 454 g/mol. The normalized spacial score (nSPS) is 10.9. The van der Waals surface area contributed by atoms with E-state index in [1.54, 1.807) is 0 Å². The van der Waals surface area contributed by atoms with Gasteiger partial charge < -0.3 is 19.4 Å². The van der Waals surface area contributed by atoms with Crippen molar-refractivity contribution in [2.24, 2.45) is 5.92 Å². The van der Waals surface area contributed by atoms with E-state index in [0.29, 0.717) is 42.3 Å². The summed E-state index contributed by atoms with van der Waals surface area (Å²) in [6.45, 7) is 10.1. The zero-order valence-corrected chi connectivity index (χ0v) is 19.8. The van der Waals surface area contributed by atoms with Crippen molar-refractivity contribution in [3.63, 3.8) is 0 Å². The van der Waals surface area contributed by atoms with Gasteiger partial charge in [0, 0.05) is 12.1 Å². The third kappa shape index (κ3) is 6.26. The van der Waals surface area contributed by atoms with E-state index in [9.17, 15) is 4.79 Å². The number of carbonyl (C=O) groups is 1. The molecule has 8 heteroatoms. The maximum Gasteiger partial charge on any atom is 0.234 e. The second kappa shape index (κ2) is 11.6. The lowest BCUT2D eigenvalue weighted by molar-refractivity contribution is -0.113. The molecule has 2 aromatic carbocycles. The molecule has 3 aromatic rings. The molecular formula is C24H30N4O3S. The van der Waals surface area contributed by atoms with Gasteiger partial charge in [0.15, 0.2) is 11.0 Å². The Morgan fingerprint density at radius 1 is 1.06 bits per heavy atom. The average Bonchev–Trinajstić information content (AvgIpc) is 3.21. The number of hydrogen-bond acceptors (Lipinski definition) is 6. The highest BCUT2D eigenvalue weighted by molar-refractivity contribution is 7.99. The van der Waals surface area contributed by atoms with E-state index in [-0.39, 0.29) is 11.7 Å². The molecule has 0 aliphatic rings. The van der Waals surface area contributed by atoms with Crippen LogP contribution in [0.3, 0.4) is 0 Å². The number of benzene rings is 2. The quantitative estimate of drug-likeness (QED) is 0.405. The van der Waals surface area contributed by atoms with Gasteiger partial charge in [-0.05, 0) is 56.2 Å². The van der Waals surface area contributed by atoms with Crippen molar-refractivity contribution in [1.82, 2.24) is 14.8 Å². The fourth-order valence-electron chi connectivity index (χ4n) is 3.02. The van der Waals surface area contributed by atoms with Crippen LogP contribution in [0.4, 0.5) is 5.69 Å². The molecule has 1 N–H and O–H groups in total. The minimum atomic E-state index is -0.124. The first kappa shape index (κ1) is 23.7. The van der Waals surface area contributed by atoms with Gasteiger partial charge in [-0.15, -0.1) is 10.2 Å². The van der Waals surface area contributed by atoms with Crippen LogP contribution in [-0.4, -0.2) is 39.6 Å². The van der Waals surface area contributed by atoms with Crippen LogP contribution in [0.25, 0.3) is 11.4 Å². The smallest absolute Gasteiger partial charge is 0.234 e. The Morgan fingerprint density at radius 2 is 1.81 bits per heavy atom. The predicted molar refractivity (Wildman–Crippen MR) is 128 cm³/mol. The van der Waals surface area contributed by atoms with Crippen molar-refractivity contribution in [2.45, 2.75) is 39.4 Å². The maximum atomic E-state index is 12.5. The molecule has 0 atom stereocenters. The molecule has 32 heavy (non-hydrogen) atoms. The van der Waals surface area contributed by atoms with Gasteiger partial charge in [-0.3, -0.25) is 4.79 Å². The molecule has 0 fully saturated rings. The summed E-state index contributed by atoms with van der Waals surface area (Å²) in [5.41, 5.74) is 1.62. The lowest BCUT2D eigenvalue weighted by Crippen LogP contribution is -2.15. The van der Waals surface area contributed by atoms with E-state index < -0.39 is 0 Å². The average molecular weight is 455 g/mol. The number of thioether (sulfide) groups is 1. The summed E-state index contributed by atoms with van der Waals surface area (Å²) in [7, 11) is 0. The van der Waals surface area contributed by atoms with Crippen molar-refractivity contribution in [3.05, 3.63) is 48.5 Å². The first-order chi connectivity index (χ1) is 15.5. The van der Waals surface area contributed by atoms with Gasteiger partial charge in [-0.25, -0.2) is 0 Å². The summed E-state index contributed by atoms with van der Waals surface area (Å²) < 4.78 is 13.3. The molecule has 1 aromatic heterocycles. The van der Waals surface area contributed by atoms with Gasteiger partial charge in [0.05, 0.1) is 24.7 Å². The van der Waals surface area contributed by atoms with E-state index in [2.05, 4.69) is 29.4 Å². The second-order valence-corrected chi connectivity index (χ2v) is 8.49. The van der Waals surface area contributed by atoms with Gasteiger partial charge in [-0.2, -0.15) is 0 Å². The fourth-order valence-corrected chi connectivity index (χ4v) is 3.83. The first-order valence-electron chi connectivity index (χ1n) is 10.8. The van der Waals surface area contributed by atoms with Crippen LogP contribution in [0.1, 0.15) is 27.7 Å². The molecule has 0 saturated carbocycles. The van der Waals surface area contributed by atoms with E-state index in [1.807, 2.05) is 66.9 Å². The number of carbonyl (C=O) groups excluding carboxylic acids is 1. The Morgan fingerprint density at radius 3 is 2.50 bits per heavy atom. The predicted octanol–water partition coefficient (Wildman–Crippen LogP) is 5.13. The second-order valence-electron chi connectivity index (χ2n) is 7.55. The molecule has 170 valence electrons. The number of para-hydroxylation sites is 2. The molecule has 1 heterocycles. The molecule has 7 nitrogen and oxygen atoms in total. The maximum absolute atomic E-state index is 12.5. The lowest BCUT2D eigenvalue weighted by Gasteiger charge is -2.11. The Bertz CT molecular complexity index is 1020. The van der Waals surface area contributed by atoms with E-state index in [0.717, 1.165) is 17.1 Å². The molecule has 0 bridgehead atoms. The van der Waals surface area contributed by atoms with Crippen molar-refractivity contribution in [2.75, 3.05) is 24.3 Å². The Balaban J connectivity index is 1.64. The van der Waals surface area contributed by atoms with Gasteiger partial charge >= 0.3 is 0 Å². The number of aromatic nitrogens is 3.